The maximum Gasteiger partial charge on any atom is 0.312 e. The van der Waals surface area contributed by atoms with Crippen molar-refractivity contribution in [3.05, 3.63) is 54.1 Å². The molecule has 1 unspecified atom stereocenters. The number of fused-ring (bicyclic) bond motifs is 1. The van der Waals surface area contributed by atoms with Crippen molar-refractivity contribution in [1.29, 1.82) is 0 Å². The van der Waals surface area contributed by atoms with Crippen molar-refractivity contribution >= 4 is 5.97 Å². The maximum atomic E-state index is 12.6. The van der Waals surface area contributed by atoms with Gasteiger partial charge in [0.2, 0.25) is 0 Å². The van der Waals surface area contributed by atoms with Gasteiger partial charge in [-0.1, -0.05) is 24.3 Å². The number of carbonyl (C=O) groups excluding carboxylic acids is 1. The van der Waals surface area contributed by atoms with Crippen molar-refractivity contribution in [2.24, 2.45) is 5.41 Å². The van der Waals surface area contributed by atoms with Crippen LogP contribution in [0.5, 0.6) is 0 Å². The quantitative estimate of drug-likeness (QED) is 0.797. The van der Waals surface area contributed by atoms with Gasteiger partial charge < -0.3 is 9.30 Å². The van der Waals surface area contributed by atoms with Gasteiger partial charge in [0.1, 0.15) is 6.10 Å². The molecule has 5 heteroatoms. The number of rotatable bonds is 3. The van der Waals surface area contributed by atoms with Crippen LogP contribution in [-0.2, 0) is 28.9 Å². The van der Waals surface area contributed by atoms with Crippen LogP contribution in [0.15, 0.2) is 43.0 Å². The molecule has 2 fully saturated rings. The molecule has 26 heavy (non-hydrogen) atoms. The Kier molecular flexibility index (Phi) is 3.85. The number of hydrogen-bond donors (Lipinski definition) is 0. The number of esters is 1. The third-order valence-electron chi connectivity index (χ3n) is 6.60. The first-order valence-corrected chi connectivity index (χ1v) is 9.70. The second kappa shape index (κ2) is 6.23. The van der Waals surface area contributed by atoms with Crippen LogP contribution in [0, 0.1) is 5.41 Å². The number of aromatic nitrogens is 2. The Morgan fingerprint density at radius 2 is 1.88 bits per heavy atom. The number of nitrogens with zero attached hydrogens (tertiary/aromatic N) is 3. The lowest BCUT2D eigenvalue weighted by Crippen LogP contribution is -2.47. The molecular formula is C21H25N3O2. The fraction of sp³-hybridized carbons (Fsp3) is 0.524. The highest BCUT2D eigenvalue weighted by Gasteiger charge is 2.51. The molecule has 1 spiro atoms. The Bertz CT molecular complexity index is 768. The highest BCUT2D eigenvalue weighted by atomic mass is 16.6. The molecule has 0 N–H and O–H groups in total. The van der Waals surface area contributed by atoms with E-state index in [9.17, 15) is 4.79 Å². The molecule has 5 rings (SSSR count). The zero-order chi connectivity index (χ0) is 17.6. The zero-order valence-electron chi connectivity index (χ0n) is 15.0. The summed E-state index contributed by atoms with van der Waals surface area (Å²) in [6, 6.07) is 9.40. The Balaban J connectivity index is 1.21. The molecule has 2 aliphatic heterocycles. The van der Waals surface area contributed by atoms with Crippen LogP contribution in [-0.4, -0.2) is 45.7 Å². The molecule has 0 amide bonds. The van der Waals surface area contributed by atoms with Gasteiger partial charge in [0.25, 0.3) is 0 Å². The number of cyclic esters (lactones) is 1. The molecule has 1 aromatic heterocycles. The summed E-state index contributed by atoms with van der Waals surface area (Å²) in [5, 5.41) is 0. The van der Waals surface area contributed by atoms with Gasteiger partial charge in [-0.15, -0.1) is 0 Å². The monoisotopic (exact) mass is 351 g/mol. The summed E-state index contributed by atoms with van der Waals surface area (Å²) in [6.07, 6.45) is 10.5. The van der Waals surface area contributed by atoms with E-state index in [2.05, 4.69) is 34.1 Å². The lowest BCUT2D eigenvalue weighted by molar-refractivity contribution is -0.151. The van der Waals surface area contributed by atoms with E-state index in [1.54, 1.807) is 12.5 Å². The van der Waals surface area contributed by atoms with Gasteiger partial charge in [-0.25, -0.2) is 4.98 Å². The summed E-state index contributed by atoms with van der Waals surface area (Å²) >= 11 is 0. The maximum absolute atomic E-state index is 12.6. The molecule has 0 saturated carbocycles. The summed E-state index contributed by atoms with van der Waals surface area (Å²) in [5.74, 6) is 0.0250. The van der Waals surface area contributed by atoms with Crippen molar-refractivity contribution < 1.29 is 9.53 Å². The summed E-state index contributed by atoms with van der Waals surface area (Å²) in [6.45, 7) is 2.73. The first-order valence-electron chi connectivity index (χ1n) is 9.70. The number of ether oxygens (including phenoxy) is 1. The van der Waals surface area contributed by atoms with E-state index in [4.69, 9.17) is 4.74 Å². The topological polar surface area (TPSA) is 47.4 Å². The Morgan fingerprint density at radius 1 is 1.15 bits per heavy atom. The number of imidazole rings is 1. The molecule has 1 aliphatic carbocycles. The van der Waals surface area contributed by atoms with Crippen LogP contribution in [0.1, 0.15) is 30.4 Å². The standard InChI is InChI=1S/C21H25N3O2/c25-20-21(13-19(26-20)14-23-10-7-22-15-23)5-8-24(9-6-21)18-11-16-3-1-2-4-17(16)12-18/h1-4,7,10,15,18-19H,5-6,8-9,11-14H2. The van der Waals surface area contributed by atoms with E-state index < -0.39 is 0 Å². The van der Waals surface area contributed by atoms with Gasteiger partial charge in [0.05, 0.1) is 18.3 Å². The van der Waals surface area contributed by atoms with E-state index in [0.29, 0.717) is 6.04 Å². The van der Waals surface area contributed by atoms with Gasteiger partial charge in [-0.3, -0.25) is 9.69 Å². The minimum Gasteiger partial charge on any atom is -0.460 e. The molecule has 1 aromatic carbocycles. The van der Waals surface area contributed by atoms with E-state index in [1.807, 2.05) is 10.8 Å². The highest BCUT2D eigenvalue weighted by molar-refractivity contribution is 5.79. The van der Waals surface area contributed by atoms with Gasteiger partial charge in [0, 0.05) is 24.9 Å². The summed E-state index contributed by atoms with van der Waals surface area (Å²) in [4.78, 5) is 19.3. The SMILES string of the molecule is O=C1OC(Cn2ccnc2)CC12CCN(C1Cc3ccccc3C1)CC2. The summed E-state index contributed by atoms with van der Waals surface area (Å²) in [7, 11) is 0. The smallest absolute Gasteiger partial charge is 0.312 e. The highest BCUT2D eigenvalue weighted by Crippen LogP contribution is 2.44. The largest absolute Gasteiger partial charge is 0.460 e. The van der Waals surface area contributed by atoms with Crippen LogP contribution in [0.3, 0.4) is 0 Å². The molecule has 3 heterocycles. The molecular weight excluding hydrogens is 326 g/mol. The van der Waals surface area contributed by atoms with Gasteiger partial charge in [0.15, 0.2) is 0 Å². The Morgan fingerprint density at radius 3 is 2.54 bits per heavy atom. The predicted molar refractivity (Wildman–Crippen MR) is 97.6 cm³/mol. The van der Waals surface area contributed by atoms with Crippen molar-refractivity contribution in [3.63, 3.8) is 0 Å². The van der Waals surface area contributed by atoms with Crippen molar-refractivity contribution in [1.82, 2.24) is 14.5 Å². The number of piperidine rings is 1. The first kappa shape index (κ1) is 16.1. The zero-order valence-corrected chi connectivity index (χ0v) is 15.0. The number of likely N-dealkylation sites (tertiary alicyclic amines) is 1. The van der Waals surface area contributed by atoms with Gasteiger partial charge in [-0.05, 0) is 49.9 Å². The molecule has 3 aliphatic rings. The second-order valence-electron chi connectivity index (χ2n) is 8.14. The minimum absolute atomic E-state index is 0.0148. The normalized spacial score (nSPS) is 25.5. The number of carbonyl (C=O) groups is 1. The third kappa shape index (κ3) is 2.75. The average Bonchev–Trinajstić information content (AvgIpc) is 3.36. The molecule has 0 radical (unpaired) electrons. The third-order valence-corrected chi connectivity index (χ3v) is 6.60. The van der Waals surface area contributed by atoms with E-state index in [-0.39, 0.29) is 17.5 Å². The first-order chi connectivity index (χ1) is 12.7. The lowest BCUT2D eigenvalue weighted by atomic mass is 9.75. The van der Waals surface area contributed by atoms with E-state index >= 15 is 0 Å². The molecule has 0 bridgehead atoms. The van der Waals surface area contributed by atoms with Gasteiger partial charge in [-0.2, -0.15) is 0 Å². The second-order valence-corrected chi connectivity index (χ2v) is 8.14. The van der Waals surface area contributed by atoms with Crippen LogP contribution in [0.25, 0.3) is 0 Å². The van der Waals surface area contributed by atoms with Crippen LogP contribution in [0.4, 0.5) is 0 Å². The predicted octanol–water partition coefficient (Wildman–Crippen LogP) is 2.45. The van der Waals surface area contributed by atoms with E-state index in [1.165, 1.54) is 11.1 Å². The molecule has 1 atom stereocenters. The fourth-order valence-electron chi connectivity index (χ4n) is 5.09. The molecule has 136 valence electrons. The lowest BCUT2D eigenvalue weighted by Gasteiger charge is -2.39. The minimum atomic E-state index is -0.257. The average molecular weight is 351 g/mol. The number of benzene rings is 1. The number of hydrogen-bond acceptors (Lipinski definition) is 4. The summed E-state index contributed by atoms with van der Waals surface area (Å²) in [5.41, 5.74) is 2.74. The molecule has 2 saturated heterocycles. The van der Waals surface area contributed by atoms with Crippen LogP contribution in [0.2, 0.25) is 0 Å². The van der Waals surface area contributed by atoms with Crippen molar-refractivity contribution in [3.8, 4) is 0 Å². The van der Waals surface area contributed by atoms with Crippen molar-refractivity contribution in [2.45, 2.75) is 50.8 Å². The van der Waals surface area contributed by atoms with Crippen LogP contribution >= 0.6 is 0 Å². The Labute approximate surface area is 154 Å². The van der Waals surface area contributed by atoms with Gasteiger partial charge >= 0.3 is 5.97 Å². The molecule has 2 aromatic rings. The summed E-state index contributed by atoms with van der Waals surface area (Å²) < 4.78 is 7.74. The van der Waals surface area contributed by atoms with E-state index in [0.717, 1.165) is 51.7 Å². The fourth-order valence-corrected chi connectivity index (χ4v) is 5.09. The van der Waals surface area contributed by atoms with Crippen LogP contribution < -0.4 is 0 Å². The van der Waals surface area contributed by atoms with Crippen molar-refractivity contribution in [2.75, 3.05) is 13.1 Å². The Hall–Kier alpha value is -2.14. The molecule has 5 nitrogen and oxygen atoms in total.